The summed E-state index contributed by atoms with van der Waals surface area (Å²) in [5.41, 5.74) is 1.21. The SMILES string of the molecule is C=CC(=O)N1CCN(c2nc(NCCC(F)(F)F)nc3c(F)c(-c4cc(O)cc5ccccc45)c(C)cc23)CC1. The zero-order valence-corrected chi connectivity index (χ0v) is 21.7. The summed E-state index contributed by atoms with van der Waals surface area (Å²) in [5.74, 6) is -0.678. The van der Waals surface area contributed by atoms with Gasteiger partial charge in [-0.2, -0.15) is 18.2 Å². The van der Waals surface area contributed by atoms with Crippen LogP contribution in [0.2, 0.25) is 0 Å². The van der Waals surface area contributed by atoms with E-state index in [2.05, 4.69) is 21.9 Å². The molecule has 5 rings (SSSR count). The summed E-state index contributed by atoms with van der Waals surface area (Å²) >= 11 is 0. The molecule has 40 heavy (non-hydrogen) atoms. The quantitative estimate of drug-likeness (QED) is 0.232. The lowest BCUT2D eigenvalue weighted by Gasteiger charge is -2.35. The first kappa shape index (κ1) is 27.2. The number of anilines is 2. The van der Waals surface area contributed by atoms with Gasteiger partial charge in [0, 0.05) is 43.7 Å². The van der Waals surface area contributed by atoms with E-state index < -0.39 is 25.0 Å². The highest BCUT2D eigenvalue weighted by atomic mass is 19.4. The molecule has 208 valence electrons. The molecule has 1 saturated heterocycles. The second-order valence-electron chi connectivity index (χ2n) is 9.67. The van der Waals surface area contributed by atoms with Crippen molar-refractivity contribution in [3.63, 3.8) is 0 Å². The molecular weight excluding hydrogens is 526 g/mol. The van der Waals surface area contributed by atoms with E-state index in [-0.39, 0.29) is 28.7 Å². The number of nitrogens with zero attached hydrogens (tertiary/aromatic N) is 4. The molecule has 0 spiro atoms. The maximum atomic E-state index is 16.5. The summed E-state index contributed by atoms with van der Waals surface area (Å²) in [5, 5.41) is 14.8. The minimum atomic E-state index is -4.38. The molecule has 1 aliphatic heterocycles. The van der Waals surface area contributed by atoms with Crippen LogP contribution in [0.15, 0.2) is 55.1 Å². The Morgan fingerprint density at radius 3 is 2.52 bits per heavy atom. The highest BCUT2D eigenvalue weighted by molar-refractivity contribution is 6.02. The Kier molecular flexibility index (Phi) is 7.22. The Morgan fingerprint density at radius 2 is 1.82 bits per heavy atom. The number of phenolic OH excluding ortho intramolecular Hbond substituents is 1. The molecule has 1 amide bonds. The van der Waals surface area contributed by atoms with E-state index in [1.165, 1.54) is 12.1 Å². The topological polar surface area (TPSA) is 81.6 Å². The molecule has 0 radical (unpaired) electrons. The molecule has 0 saturated carbocycles. The fraction of sp³-hybridized carbons (Fsp3) is 0.276. The molecule has 3 aromatic carbocycles. The van der Waals surface area contributed by atoms with E-state index in [0.717, 1.165) is 10.8 Å². The van der Waals surface area contributed by atoms with E-state index >= 15 is 4.39 Å². The molecule has 0 aliphatic carbocycles. The van der Waals surface area contributed by atoms with Gasteiger partial charge in [0.1, 0.15) is 17.1 Å². The van der Waals surface area contributed by atoms with Gasteiger partial charge in [-0.25, -0.2) is 9.37 Å². The van der Waals surface area contributed by atoms with Crippen molar-refractivity contribution in [1.82, 2.24) is 14.9 Å². The van der Waals surface area contributed by atoms with Crippen molar-refractivity contribution in [3.05, 3.63) is 66.5 Å². The molecule has 0 atom stereocenters. The monoisotopic (exact) mass is 553 g/mol. The van der Waals surface area contributed by atoms with Crippen LogP contribution < -0.4 is 10.2 Å². The molecule has 7 nitrogen and oxygen atoms in total. The van der Waals surface area contributed by atoms with Gasteiger partial charge in [-0.15, -0.1) is 0 Å². The number of aryl methyl sites for hydroxylation is 1. The number of fused-ring (bicyclic) bond motifs is 2. The predicted molar refractivity (Wildman–Crippen MR) is 147 cm³/mol. The van der Waals surface area contributed by atoms with Gasteiger partial charge in [-0.1, -0.05) is 30.8 Å². The van der Waals surface area contributed by atoms with Crippen LogP contribution in [0.25, 0.3) is 32.8 Å². The second-order valence-corrected chi connectivity index (χ2v) is 9.67. The minimum absolute atomic E-state index is 0.0302. The third kappa shape index (κ3) is 5.36. The molecule has 1 aromatic heterocycles. The molecular formula is C29H27F4N5O2. The zero-order chi connectivity index (χ0) is 28.6. The molecule has 1 fully saturated rings. The van der Waals surface area contributed by atoms with Crippen LogP contribution in [0.5, 0.6) is 5.75 Å². The van der Waals surface area contributed by atoms with E-state index in [1.807, 2.05) is 29.2 Å². The van der Waals surface area contributed by atoms with Crippen molar-refractivity contribution in [1.29, 1.82) is 0 Å². The summed E-state index contributed by atoms with van der Waals surface area (Å²) in [7, 11) is 0. The van der Waals surface area contributed by atoms with Gasteiger partial charge >= 0.3 is 6.18 Å². The number of aromatic hydroxyl groups is 1. The number of halogens is 4. The Balaban J connectivity index is 1.65. The van der Waals surface area contributed by atoms with Crippen LogP contribution in [0.4, 0.5) is 29.3 Å². The van der Waals surface area contributed by atoms with E-state index in [4.69, 9.17) is 0 Å². The average molecular weight is 554 g/mol. The molecule has 2 heterocycles. The molecule has 2 N–H and O–H groups in total. The number of phenols is 1. The lowest BCUT2D eigenvalue weighted by molar-refractivity contribution is -0.131. The Morgan fingerprint density at radius 1 is 1.10 bits per heavy atom. The fourth-order valence-electron chi connectivity index (χ4n) is 5.07. The number of aromatic nitrogens is 2. The second kappa shape index (κ2) is 10.6. The number of carbonyl (C=O) groups excluding carboxylic acids is 1. The minimum Gasteiger partial charge on any atom is -0.508 e. The Bertz CT molecular complexity index is 1610. The number of benzene rings is 3. The van der Waals surface area contributed by atoms with Crippen molar-refractivity contribution in [2.75, 3.05) is 42.9 Å². The molecule has 1 aliphatic rings. The van der Waals surface area contributed by atoms with E-state index in [9.17, 15) is 23.1 Å². The summed E-state index contributed by atoms with van der Waals surface area (Å²) in [6.45, 7) is 6.30. The molecule has 0 bridgehead atoms. The van der Waals surface area contributed by atoms with Crippen molar-refractivity contribution in [2.24, 2.45) is 0 Å². The molecule has 4 aromatic rings. The number of piperazine rings is 1. The number of hydrogen-bond acceptors (Lipinski definition) is 6. The summed E-state index contributed by atoms with van der Waals surface area (Å²) in [6, 6.07) is 12.1. The lowest BCUT2D eigenvalue weighted by Crippen LogP contribution is -2.48. The number of hydrogen-bond donors (Lipinski definition) is 2. The summed E-state index contributed by atoms with van der Waals surface area (Å²) in [4.78, 5) is 24.3. The smallest absolute Gasteiger partial charge is 0.390 e. The number of alkyl halides is 3. The van der Waals surface area contributed by atoms with Gasteiger partial charge in [0.2, 0.25) is 11.9 Å². The van der Waals surface area contributed by atoms with Gasteiger partial charge in [-0.05, 0) is 53.1 Å². The maximum Gasteiger partial charge on any atom is 0.390 e. The van der Waals surface area contributed by atoms with Crippen LogP contribution in [0.3, 0.4) is 0 Å². The third-order valence-corrected chi connectivity index (χ3v) is 6.98. The van der Waals surface area contributed by atoms with Gasteiger partial charge < -0.3 is 20.2 Å². The van der Waals surface area contributed by atoms with Gasteiger partial charge in [0.25, 0.3) is 0 Å². The van der Waals surface area contributed by atoms with Crippen LogP contribution in [-0.2, 0) is 4.79 Å². The van der Waals surface area contributed by atoms with E-state index in [1.54, 1.807) is 24.0 Å². The van der Waals surface area contributed by atoms with Crippen LogP contribution in [-0.4, -0.2) is 64.8 Å². The van der Waals surface area contributed by atoms with Crippen molar-refractivity contribution in [3.8, 4) is 16.9 Å². The van der Waals surface area contributed by atoms with Gasteiger partial charge in [0.05, 0.1) is 6.42 Å². The van der Waals surface area contributed by atoms with Crippen molar-refractivity contribution < 1.29 is 27.5 Å². The van der Waals surface area contributed by atoms with Crippen LogP contribution in [0, 0.1) is 12.7 Å². The Labute approximate surface area is 227 Å². The average Bonchev–Trinajstić information content (AvgIpc) is 2.92. The van der Waals surface area contributed by atoms with Gasteiger partial charge in [0.15, 0.2) is 5.82 Å². The first-order chi connectivity index (χ1) is 19.1. The first-order valence-corrected chi connectivity index (χ1v) is 12.8. The van der Waals surface area contributed by atoms with Crippen molar-refractivity contribution >= 4 is 39.3 Å². The standard InChI is InChI=1S/C29H27F4N5O2/c1-3-23(40)37-10-12-38(13-11-37)27-22-14-17(2)24(21-16-19(39)15-18-6-4-5-7-20(18)21)25(30)26(22)35-28(36-27)34-9-8-29(31,32)33/h3-7,14-16,39H,1,8-13H2,2H3,(H,34,35,36). The molecule has 11 heteroatoms. The highest BCUT2D eigenvalue weighted by Gasteiger charge is 2.28. The number of amides is 1. The normalized spacial score (nSPS) is 14.1. The zero-order valence-electron chi connectivity index (χ0n) is 21.7. The number of rotatable bonds is 6. The predicted octanol–water partition coefficient (Wildman–Crippen LogP) is 5.80. The van der Waals surface area contributed by atoms with Crippen LogP contribution >= 0.6 is 0 Å². The Hall–Kier alpha value is -4.41. The number of nitrogens with one attached hydrogen (secondary N) is 1. The summed E-state index contributed by atoms with van der Waals surface area (Å²) in [6.07, 6.45) is -4.25. The summed E-state index contributed by atoms with van der Waals surface area (Å²) < 4.78 is 54.9. The number of carbonyl (C=O) groups is 1. The maximum absolute atomic E-state index is 16.5. The van der Waals surface area contributed by atoms with Crippen LogP contribution in [0.1, 0.15) is 12.0 Å². The fourth-order valence-corrected chi connectivity index (χ4v) is 5.07. The van der Waals surface area contributed by atoms with E-state index in [0.29, 0.717) is 48.5 Å². The third-order valence-electron chi connectivity index (χ3n) is 6.98. The van der Waals surface area contributed by atoms with Gasteiger partial charge in [-0.3, -0.25) is 4.79 Å². The van der Waals surface area contributed by atoms with Crippen molar-refractivity contribution in [2.45, 2.75) is 19.5 Å². The first-order valence-electron chi connectivity index (χ1n) is 12.8. The lowest BCUT2D eigenvalue weighted by atomic mass is 9.93. The highest BCUT2D eigenvalue weighted by Crippen LogP contribution is 2.40. The molecule has 0 unspecified atom stereocenters. The largest absolute Gasteiger partial charge is 0.508 e.